The number of nitrogens with zero attached hydrogens (tertiary/aromatic N) is 4. The van der Waals surface area contributed by atoms with Gasteiger partial charge in [-0.05, 0) is 11.4 Å². The van der Waals surface area contributed by atoms with Gasteiger partial charge in [0, 0.05) is 16.5 Å². The van der Waals surface area contributed by atoms with Crippen LogP contribution in [0.1, 0.15) is 5.89 Å². The number of nitrogens with one attached hydrogen (secondary N) is 1. The van der Waals surface area contributed by atoms with E-state index in [-0.39, 0.29) is 0 Å². The second-order valence-electron chi connectivity index (χ2n) is 4.65. The van der Waals surface area contributed by atoms with Crippen molar-refractivity contribution in [1.29, 1.82) is 0 Å². The molecule has 4 rings (SSSR count). The average molecular weight is 341 g/mol. The number of aromatic nitrogens is 5. The highest BCUT2D eigenvalue weighted by Gasteiger charge is 2.11. The average Bonchev–Trinajstić information content (AvgIpc) is 3.33. The number of hydrogen-bond donors (Lipinski definition) is 1. The van der Waals surface area contributed by atoms with E-state index in [2.05, 4.69) is 25.3 Å². The predicted molar refractivity (Wildman–Crippen MR) is 89.0 cm³/mol. The van der Waals surface area contributed by atoms with Crippen molar-refractivity contribution in [3.05, 3.63) is 53.0 Å². The molecule has 8 heteroatoms. The fraction of sp³-hybridized carbons (Fsp3) is 0.0667. The smallest absolute Gasteiger partial charge is 0.237 e. The van der Waals surface area contributed by atoms with Crippen molar-refractivity contribution in [2.75, 3.05) is 0 Å². The van der Waals surface area contributed by atoms with Crippen LogP contribution in [0.4, 0.5) is 0 Å². The summed E-state index contributed by atoms with van der Waals surface area (Å²) >= 11 is 3.06. The molecule has 3 aromatic heterocycles. The Morgan fingerprint density at radius 1 is 1.09 bits per heavy atom. The number of thiophene rings is 1. The van der Waals surface area contributed by atoms with E-state index in [1.54, 1.807) is 11.3 Å². The number of thioether (sulfide) groups is 1. The topological polar surface area (TPSA) is 80.5 Å². The maximum atomic E-state index is 5.26. The van der Waals surface area contributed by atoms with Gasteiger partial charge >= 0.3 is 0 Å². The first-order valence-corrected chi connectivity index (χ1v) is 8.77. The van der Waals surface area contributed by atoms with Crippen molar-refractivity contribution in [3.8, 4) is 22.8 Å². The van der Waals surface area contributed by atoms with E-state index in [0.717, 1.165) is 17.0 Å². The summed E-state index contributed by atoms with van der Waals surface area (Å²) in [7, 11) is 0. The van der Waals surface area contributed by atoms with E-state index < -0.39 is 0 Å². The molecule has 0 aliphatic rings. The molecular formula is C15H11N5OS2. The summed E-state index contributed by atoms with van der Waals surface area (Å²) in [6.45, 7) is 0. The molecule has 0 aliphatic carbocycles. The van der Waals surface area contributed by atoms with Crippen molar-refractivity contribution in [2.45, 2.75) is 10.9 Å². The molecule has 3 heterocycles. The van der Waals surface area contributed by atoms with E-state index in [1.807, 2.05) is 47.2 Å². The van der Waals surface area contributed by atoms with Crippen LogP contribution in [0.2, 0.25) is 0 Å². The summed E-state index contributed by atoms with van der Waals surface area (Å²) < 4.78 is 5.26. The molecule has 0 unspecified atom stereocenters. The summed E-state index contributed by atoms with van der Waals surface area (Å²) in [5.41, 5.74) is 1.98. The van der Waals surface area contributed by atoms with Gasteiger partial charge < -0.3 is 4.52 Å². The minimum Gasteiger partial charge on any atom is -0.338 e. The molecule has 0 aliphatic heterocycles. The Hall–Kier alpha value is -2.45. The Morgan fingerprint density at radius 2 is 2.00 bits per heavy atom. The van der Waals surface area contributed by atoms with Gasteiger partial charge in [0.05, 0.1) is 5.75 Å². The van der Waals surface area contributed by atoms with E-state index >= 15 is 0 Å². The van der Waals surface area contributed by atoms with Crippen LogP contribution >= 0.6 is 23.1 Å². The molecular weight excluding hydrogens is 330 g/mol. The van der Waals surface area contributed by atoms with E-state index in [1.165, 1.54) is 11.8 Å². The summed E-state index contributed by atoms with van der Waals surface area (Å²) in [6, 6.07) is 11.8. The zero-order valence-electron chi connectivity index (χ0n) is 11.8. The van der Waals surface area contributed by atoms with Crippen LogP contribution in [0, 0.1) is 0 Å². The monoisotopic (exact) mass is 341 g/mol. The van der Waals surface area contributed by atoms with Gasteiger partial charge in [-0.15, -0.1) is 5.10 Å². The van der Waals surface area contributed by atoms with E-state index in [0.29, 0.717) is 22.6 Å². The minimum absolute atomic E-state index is 0.531. The van der Waals surface area contributed by atoms with Gasteiger partial charge in [-0.2, -0.15) is 16.3 Å². The lowest BCUT2D eigenvalue weighted by Crippen LogP contribution is -1.83. The van der Waals surface area contributed by atoms with E-state index in [9.17, 15) is 0 Å². The highest BCUT2D eigenvalue weighted by atomic mass is 32.2. The van der Waals surface area contributed by atoms with Crippen molar-refractivity contribution in [2.24, 2.45) is 0 Å². The van der Waals surface area contributed by atoms with Crippen molar-refractivity contribution in [3.63, 3.8) is 0 Å². The molecule has 0 amide bonds. The first-order chi connectivity index (χ1) is 11.4. The maximum absolute atomic E-state index is 5.26. The summed E-state index contributed by atoms with van der Waals surface area (Å²) in [5.74, 6) is 2.45. The zero-order valence-corrected chi connectivity index (χ0v) is 13.5. The molecule has 0 radical (unpaired) electrons. The van der Waals surface area contributed by atoms with Gasteiger partial charge in [-0.25, -0.2) is 4.98 Å². The van der Waals surface area contributed by atoms with Crippen LogP contribution in [0.15, 0.2) is 56.8 Å². The zero-order chi connectivity index (χ0) is 15.5. The quantitative estimate of drug-likeness (QED) is 0.555. The molecule has 4 aromatic rings. The summed E-state index contributed by atoms with van der Waals surface area (Å²) in [5, 5.41) is 15.8. The first kappa shape index (κ1) is 14.2. The minimum atomic E-state index is 0.531. The molecule has 0 saturated carbocycles. The maximum Gasteiger partial charge on any atom is 0.237 e. The lowest BCUT2D eigenvalue weighted by atomic mass is 10.2. The lowest BCUT2D eigenvalue weighted by Gasteiger charge is -1.92. The predicted octanol–water partition coefficient (Wildman–Crippen LogP) is 3.88. The van der Waals surface area contributed by atoms with Crippen LogP contribution in [-0.4, -0.2) is 25.3 Å². The molecule has 0 fully saturated rings. The third-order valence-electron chi connectivity index (χ3n) is 3.08. The normalized spacial score (nSPS) is 11.0. The van der Waals surface area contributed by atoms with Crippen LogP contribution in [0.5, 0.6) is 0 Å². The van der Waals surface area contributed by atoms with E-state index in [4.69, 9.17) is 4.52 Å². The highest BCUT2D eigenvalue weighted by molar-refractivity contribution is 7.98. The molecule has 0 spiro atoms. The number of H-pyrrole nitrogens is 1. The van der Waals surface area contributed by atoms with Crippen molar-refractivity contribution >= 4 is 23.1 Å². The summed E-state index contributed by atoms with van der Waals surface area (Å²) in [4.78, 5) is 8.84. The number of hydrogen-bond acceptors (Lipinski definition) is 7. The Balaban J connectivity index is 1.43. The molecule has 0 bridgehead atoms. The molecule has 0 saturated heterocycles. The van der Waals surface area contributed by atoms with Gasteiger partial charge in [0.15, 0.2) is 5.82 Å². The Morgan fingerprint density at radius 3 is 2.83 bits per heavy atom. The standard InChI is InChI=1S/C15H11N5OS2/c1-2-4-10(5-3-1)13-17-15(19-18-13)23-9-12-16-14(20-21-12)11-6-7-22-8-11/h1-8H,9H2,(H,17,18,19). The van der Waals surface area contributed by atoms with Crippen molar-refractivity contribution < 1.29 is 4.52 Å². The van der Waals surface area contributed by atoms with Gasteiger partial charge in [-0.1, -0.05) is 47.3 Å². The van der Waals surface area contributed by atoms with Crippen molar-refractivity contribution in [1.82, 2.24) is 25.3 Å². The third kappa shape index (κ3) is 3.17. The summed E-state index contributed by atoms with van der Waals surface area (Å²) in [6.07, 6.45) is 0. The third-order valence-corrected chi connectivity index (χ3v) is 4.60. The molecule has 114 valence electrons. The second-order valence-corrected chi connectivity index (χ2v) is 6.37. The second kappa shape index (κ2) is 6.35. The largest absolute Gasteiger partial charge is 0.338 e. The van der Waals surface area contributed by atoms with Gasteiger partial charge in [-0.3, -0.25) is 5.10 Å². The van der Waals surface area contributed by atoms with Gasteiger partial charge in [0.25, 0.3) is 0 Å². The molecule has 6 nitrogen and oxygen atoms in total. The van der Waals surface area contributed by atoms with Crippen LogP contribution < -0.4 is 0 Å². The van der Waals surface area contributed by atoms with Crippen LogP contribution in [-0.2, 0) is 5.75 Å². The highest BCUT2D eigenvalue weighted by Crippen LogP contribution is 2.24. The Labute approximate surface area is 140 Å². The van der Waals surface area contributed by atoms with Gasteiger partial charge in [0.2, 0.25) is 16.9 Å². The Bertz CT molecular complexity index is 886. The number of aromatic amines is 1. The molecule has 0 atom stereocenters. The Kier molecular flexibility index (Phi) is 3.91. The first-order valence-electron chi connectivity index (χ1n) is 6.84. The fourth-order valence-corrected chi connectivity index (χ4v) is 3.26. The lowest BCUT2D eigenvalue weighted by molar-refractivity contribution is 0.391. The van der Waals surface area contributed by atoms with Gasteiger partial charge in [0.1, 0.15) is 0 Å². The fourth-order valence-electron chi connectivity index (χ4n) is 1.98. The van der Waals surface area contributed by atoms with Crippen LogP contribution in [0.25, 0.3) is 22.8 Å². The number of rotatable bonds is 5. The molecule has 1 aromatic carbocycles. The molecule has 23 heavy (non-hydrogen) atoms. The van der Waals surface area contributed by atoms with Crippen LogP contribution in [0.3, 0.4) is 0 Å². The number of benzene rings is 1. The molecule has 1 N–H and O–H groups in total. The SMILES string of the molecule is c1ccc(-c2nc(SCc3nc(-c4ccsc4)no3)n[nH]2)cc1.